The maximum absolute atomic E-state index is 11.9. The van der Waals surface area contributed by atoms with E-state index in [2.05, 4.69) is 32.1 Å². The van der Waals surface area contributed by atoms with Crippen LogP contribution in [0.15, 0.2) is 52.0 Å². The van der Waals surface area contributed by atoms with Crippen LogP contribution in [0, 0.1) is 6.92 Å². The van der Waals surface area contributed by atoms with Crippen molar-refractivity contribution in [2.45, 2.75) is 13.8 Å². The van der Waals surface area contributed by atoms with E-state index in [-0.39, 0.29) is 5.91 Å². The number of nitrogens with zero attached hydrogens (tertiary/aromatic N) is 3. The Hall–Kier alpha value is -2.05. The van der Waals surface area contributed by atoms with Crippen molar-refractivity contribution in [3.05, 3.63) is 58.1 Å². The molecule has 0 N–H and O–H groups in total. The molecule has 0 unspecified atom stereocenters. The molecule has 0 saturated heterocycles. The van der Waals surface area contributed by atoms with Crippen LogP contribution in [0.5, 0.6) is 0 Å². The van der Waals surface area contributed by atoms with Crippen LogP contribution in [0.25, 0.3) is 10.2 Å². The standard InChI is InChI=1S/C17H14BrN3OS/c1-11-3-8-15-16(9-11)23-17(20-15)21(12(2)22)19-10-13-4-6-14(18)7-5-13/h3-10H,1-2H3/b19-10-. The summed E-state index contributed by atoms with van der Waals surface area (Å²) < 4.78 is 2.05. The number of hydrogen-bond acceptors (Lipinski definition) is 4. The maximum Gasteiger partial charge on any atom is 0.246 e. The van der Waals surface area contributed by atoms with Crippen LogP contribution in [0.2, 0.25) is 0 Å². The lowest BCUT2D eigenvalue weighted by molar-refractivity contribution is -0.116. The summed E-state index contributed by atoms with van der Waals surface area (Å²) in [6.45, 7) is 3.52. The SMILES string of the molecule is CC(=O)N(/N=C\c1ccc(Br)cc1)c1nc2ccc(C)cc2s1. The van der Waals surface area contributed by atoms with Gasteiger partial charge in [0.1, 0.15) is 0 Å². The van der Waals surface area contributed by atoms with Gasteiger partial charge < -0.3 is 0 Å². The van der Waals surface area contributed by atoms with Gasteiger partial charge in [-0.05, 0) is 42.3 Å². The molecule has 0 radical (unpaired) electrons. The Kier molecular flexibility index (Phi) is 4.54. The highest BCUT2D eigenvalue weighted by molar-refractivity contribution is 9.10. The first kappa shape index (κ1) is 15.8. The fourth-order valence-electron chi connectivity index (χ4n) is 2.05. The third kappa shape index (κ3) is 3.65. The third-order valence-corrected chi connectivity index (χ3v) is 4.73. The number of hydrazone groups is 1. The van der Waals surface area contributed by atoms with Gasteiger partial charge >= 0.3 is 0 Å². The van der Waals surface area contributed by atoms with Gasteiger partial charge in [-0.2, -0.15) is 10.1 Å². The minimum atomic E-state index is -0.172. The molecule has 0 atom stereocenters. The fraction of sp³-hybridized carbons (Fsp3) is 0.118. The summed E-state index contributed by atoms with van der Waals surface area (Å²) in [5.74, 6) is -0.172. The predicted octanol–water partition coefficient (Wildman–Crippen LogP) is 4.75. The minimum Gasteiger partial charge on any atom is -0.273 e. The average Bonchev–Trinajstić information content (AvgIpc) is 2.91. The van der Waals surface area contributed by atoms with Crippen molar-refractivity contribution in [2.24, 2.45) is 5.10 Å². The largest absolute Gasteiger partial charge is 0.273 e. The van der Waals surface area contributed by atoms with Crippen molar-refractivity contribution >= 4 is 54.7 Å². The third-order valence-electron chi connectivity index (χ3n) is 3.20. The van der Waals surface area contributed by atoms with Crippen molar-refractivity contribution in [1.29, 1.82) is 0 Å². The van der Waals surface area contributed by atoms with Crippen LogP contribution in [0.1, 0.15) is 18.1 Å². The molecular weight excluding hydrogens is 374 g/mol. The van der Waals surface area contributed by atoms with Crippen LogP contribution in [0.3, 0.4) is 0 Å². The molecule has 0 spiro atoms. The summed E-state index contributed by atoms with van der Waals surface area (Å²) in [7, 11) is 0. The maximum atomic E-state index is 11.9. The molecule has 2 aromatic carbocycles. The smallest absolute Gasteiger partial charge is 0.246 e. The van der Waals surface area contributed by atoms with Crippen LogP contribution in [0.4, 0.5) is 5.13 Å². The number of carbonyl (C=O) groups excluding carboxylic acids is 1. The number of carbonyl (C=O) groups is 1. The summed E-state index contributed by atoms with van der Waals surface area (Å²) in [6, 6.07) is 13.7. The van der Waals surface area contributed by atoms with Crippen LogP contribution in [-0.4, -0.2) is 17.1 Å². The molecule has 3 rings (SSSR count). The van der Waals surface area contributed by atoms with Crippen LogP contribution < -0.4 is 5.01 Å². The van der Waals surface area contributed by atoms with Crippen molar-refractivity contribution in [2.75, 3.05) is 5.01 Å². The highest BCUT2D eigenvalue weighted by Gasteiger charge is 2.15. The van der Waals surface area contributed by atoms with Crippen molar-refractivity contribution in [3.8, 4) is 0 Å². The van der Waals surface area contributed by atoms with Gasteiger partial charge in [0.2, 0.25) is 11.0 Å². The van der Waals surface area contributed by atoms with Crippen molar-refractivity contribution < 1.29 is 4.79 Å². The van der Waals surface area contributed by atoms with E-state index in [4.69, 9.17) is 0 Å². The van der Waals surface area contributed by atoms with E-state index in [1.807, 2.05) is 43.3 Å². The molecule has 6 heteroatoms. The molecular formula is C17H14BrN3OS. The van der Waals surface area contributed by atoms with Gasteiger partial charge in [0, 0.05) is 11.4 Å². The van der Waals surface area contributed by atoms with E-state index in [1.165, 1.54) is 28.8 Å². The summed E-state index contributed by atoms with van der Waals surface area (Å²) >= 11 is 4.85. The molecule has 1 aromatic heterocycles. The highest BCUT2D eigenvalue weighted by Crippen LogP contribution is 2.29. The first-order chi connectivity index (χ1) is 11.0. The fourth-order valence-corrected chi connectivity index (χ4v) is 3.38. The van der Waals surface area contributed by atoms with E-state index < -0.39 is 0 Å². The quantitative estimate of drug-likeness (QED) is 0.480. The zero-order valence-electron chi connectivity index (χ0n) is 12.7. The van der Waals surface area contributed by atoms with Gasteiger partial charge in [-0.3, -0.25) is 4.79 Å². The Balaban J connectivity index is 1.93. The number of aryl methyl sites for hydroxylation is 1. The molecule has 1 heterocycles. The Bertz CT molecular complexity index is 886. The molecule has 0 aliphatic rings. The number of thiazole rings is 1. The second-order valence-electron chi connectivity index (χ2n) is 5.09. The number of anilines is 1. The van der Waals surface area contributed by atoms with Crippen LogP contribution in [-0.2, 0) is 4.79 Å². The van der Waals surface area contributed by atoms with Gasteiger partial charge in [-0.1, -0.05) is 45.5 Å². The molecule has 23 heavy (non-hydrogen) atoms. The van der Waals surface area contributed by atoms with Gasteiger partial charge in [0.15, 0.2) is 0 Å². The highest BCUT2D eigenvalue weighted by atomic mass is 79.9. The van der Waals surface area contributed by atoms with E-state index in [9.17, 15) is 4.79 Å². The predicted molar refractivity (Wildman–Crippen MR) is 99.3 cm³/mol. The first-order valence-corrected chi connectivity index (χ1v) is 8.61. The molecule has 116 valence electrons. The van der Waals surface area contributed by atoms with Crippen LogP contribution >= 0.6 is 27.3 Å². The summed E-state index contributed by atoms with van der Waals surface area (Å²) in [5.41, 5.74) is 2.96. The van der Waals surface area contributed by atoms with Gasteiger partial charge in [0.25, 0.3) is 0 Å². The van der Waals surface area contributed by atoms with E-state index >= 15 is 0 Å². The average molecular weight is 388 g/mol. The first-order valence-electron chi connectivity index (χ1n) is 7.00. The van der Waals surface area contributed by atoms with Crippen molar-refractivity contribution in [1.82, 2.24) is 4.98 Å². The topological polar surface area (TPSA) is 45.6 Å². The lowest BCUT2D eigenvalue weighted by atomic mass is 10.2. The molecule has 0 aliphatic carbocycles. The second-order valence-corrected chi connectivity index (χ2v) is 7.02. The number of benzene rings is 2. The molecule has 1 amide bonds. The number of amides is 1. The summed E-state index contributed by atoms with van der Waals surface area (Å²) in [5, 5.41) is 6.21. The molecule has 4 nitrogen and oxygen atoms in total. The van der Waals surface area contributed by atoms with E-state index in [0.717, 1.165) is 20.3 Å². The van der Waals surface area contributed by atoms with Crippen molar-refractivity contribution in [3.63, 3.8) is 0 Å². The lowest BCUT2D eigenvalue weighted by Crippen LogP contribution is -2.22. The molecule has 0 aliphatic heterocycles. The number of halogens is 1. The Morgan fingerprint density at radius 1 is 1.26 bits per heavy atom. The minimum absolute atomic E-state index is 0.172. The zero-order chi connectivity index (χ0) is 16.4. The van der Waals surface area contributed by atoms with Gasteiger partial charge in [0.05, 0.1) is 16.4 Å². The Labute approximate surface area is 146 Å². The van der Waals surface area contributed by atoms with Gasteiger partial charge in [-0.15, -0.1) is 0 Å². The molecule has 0 saturated carbocycles. The second kappa shape index (κ2) is 6.60. The summed E-state index contributed by atoms with van der Waals surface area (Å²) in [4.78, 5) is 16.4. The normalized spacial score (nSPS) is 11.3. The lowest BCUT2D eigenvalue weighted by Gasteiger charge is -2.10. The van der Waals surface area contributed by atoms with Gasteiger partial charge in [-0.25, -0.2) is 4.98 Å². The monoisotopic (exact) mass is 387 g/mol. The van der Waals surface area contributed by atoms with E-state index in [0.29, 0.717) is 5.13 Å². The molecule has 0 fully saturated rings. The Morgan fingerprint density at radius 3 is 2.70 bits per heavy atom. The number of aromatic nitrogens is 1. The Morgan fingerprint density at radius 2 is 2.00 bits per heavy atom. The van der Waals surface area contributed by atoms with E-state index in [1.54, 1.807) is 6.21 Å². The number of rotatable bonds is 3. The number of hydrogen-bond donors (Lipinski definition) is 0. The summed E-state index contributed by atoms with van der Waals surface area (Å²) in [6.07, 6.45) is 1.66. The molecule has 0 bridgehead atoms. The molecule has 3 aromatic rings. The zero-order valence-corrected chi connectivity index (χ0v) is 15.1. The number of fused-ring (bicyclic) bond motifs is 1.